The van der Waals surface area contributed by atoms with Gasteiger partial charge in [0.05, 0.1) is 5.56 Å². The molecule has 0 spiro atoms. The van der Waals surface area contributed by atoms with Crippen LogP contribution >= 0.6 is 0 Å². The third-order valence-electron chi connectivity index (χ3n) is 2.66. The normalized spacial score (nSPS) is 13.0. The number of alkyl halides is 6. The number of halogens is 6. The molecular weight excluding hydrogens is 368 g/mol. The summed E-state index contributed by atoms with van der Waals surface area (Å²) in [5, 5.41) is 0. The summed E-state index contributed by atoms with van der Waals surface area (Å²) in [5.41, 5.74) is -7.47. The zero-order valence-electron chi connectivity index (χ0n) is 12.0. The van der Waals surface area contributed by atoms with Crippen LogP contribution in [0, 0.1) is 0 Å². The van der Waals surface area contributed by atoms with Gasteiger partial charge in [0.1, 0.15) is 5.75 Å². The van der Waals surface area contributed by atoms with E-state index in [-0.39, 0.29) is 0 Å². The molecule has 0 aliphatic heterocycles. The van der Waals surface area contributed by atoms with Crippen LogP contribution in [0.5, 0.6) is 5.75 Å². The van der Waals surface area contributed by atoms with Gasteiger partial charge in [0, 0.05) is 19.0 Å². The van der Waals surface area contributed by atoms with Crippen molar-refractivity contribution in [2.45, 2.75) is 25.0 Å². The van der Waals surface area contributed by atoms with Crippen molar-refractivity contribution >= 4 is 16.0 Å². The van der Waals surface area contributed by atoms with Gasteiger partial charge in [0.25, 0.3) is 0 Å². The molecule has 1 aromatic rings. The number of rotatable bonds is 5. The highest BCUT2D eigenvalue weighted by Gasteiger charge is 2.45. The lowest BCUT2D eigenvalue weighted by Crippen LogP contribution is -2.37. The van der Waals surface area contributed by atoms with Crippen molar-refractivity contribution in [3.05, 3.63) is 29.3 Å². The number of ether oxygens (including phenoxy) is 1. The van der Waals surface area contributed by atoms with Crippen molar-refractivity contribution in [2.75, 3.05) is 6.54 Å². The topological polar surface area (TPSA) is 72.5 Å². The number of carbonyl (C=O) groups excluding carboxylic acids is 1. The summed E-state index contributed by atoms with van der Waals surface area (Å²) in [6.07, 6.45) is -5.64. The number of nitrogens with one attached hydrogen (secondary N) is 1. The molecule has 1 rings (SSSR count). The maximum Gasteiger partial charge on any atom is 0.511 e. The average Bonchev–Trinajstić information content (AvgIpc) is 2.36. The molecule has 0 aliphatic carbocycles. The molecule has 0 fully saturated rings. The Balaban J connectivity index is 3.10. The largest absolute Gasteiger partial charge is 0.511 e. The third-order valence-corrected chi connectivity index (χ3v) is 3.86. The predicted octanol–water partition coefficient (Wildman–Crippen LogP) is 2.61. The first-order valence-electron chi connectivity index (χ1n) is 6.19. The first kappa shape index (κ1) is 20.2. The second-order valence-corrected chi connectivity index (χ2v) is 6.23. The number of hydrogen-bond donors (Lipinski definition) is 1. The molecule has 12 heteroatoms. The van der Waals surface area contributed by atoms with Crippen LogP contribution in [0.4, 0.5) is 26.3 Å². The Labute approximate surface area is 132 Å². The minimum atomic E-state index is -5.69. The molecule has 0 bridgehead atoms. The Morgan fingerprint density at radius 2 is 1.75 bits per heavy atom. The first-order valence-corrected chi connectivity index (χ1v) is 7.67. The molecule has 1 N–H and O–H groups in total. The molecule has 0 aliphatic rings. The fraction of sp³-hybridized carbons (Fsp3) is 0.417. The van der Waals surface area contributed by atoms with Gasteiger partial charge in [0.15, 0.2) is 0 Å². The van der Waals surface area contributed by atoms with Gasteiger partial charge in [0.2, 0.25) is 0 Å². The fourth-order valence-corrected chi connectivity index (χ4v) is 2.27. The standard InChI is InChI=1S/C12H11F6NO4S/c1-7(20)23-10-4-2-3-9(11(13,14)15)8(10)5-6-19-24(21,22)12(16,17)18/h2-4,19H,5-6H2,1H3. The number of benzene rings is 1. The maximum atomic E-state index is 13.0. The SMILES string of the molecule is CC(=O)Oc1cccc(C(F)(F)F)c1CCNS(=O)(=O)C(F)(F)F. The molecule has 136 valence electrons. The molecule has 0 aromatic heterocycles. The second-order valence-electron chi connectivity index (χ2n) is 4.47. The van der Waals surface area contributed by atoms with Crippen LogP contribution in [0.25, 0.3) is 0 Å². The van der Waals surface area contributed by atoms with Gasteiger partial charge in [-0.2, -0.15) is 26.3 Å². The van der Waals surface area contributed by atoms with Crippen LogP contribution < -0.4 is 9.46 Å². The summed E-state index contributed by atoms with van der Waals surface area (Å²) in [7, 11) is -5.69. The molecule has 0 unspecified atom stereocenters. The van der Waals surface area contributed by atoms with E-state index in [1.807, 2.05) is 0 Å². The molecule has 0 atom stereocenters. The van der Waals surface area contributed by atoms with E-state index in [0.717, 1.165) is 23.8 Å². The summed E-state index contributed by atoms with van der Waals surface area (Å²) in [5.74, 6) is -1.45. The number of carbonyl (C=O) groups is 1. The molecular formula is C12H11F6NO4S. The number of hydrogen-bond acceptors (Lipinski definition) is 4. The molecule has 24 heavy (non-hydrogen) atoms. The lowest BCUT2D eigenvalue weighted by molar-refractivity contribution is -0.139. The highest BCUT2D eigenvalue weighted by atomic mass is 32.2. The van der Waals surface area contributed by atoms with E-state index in [9.17, 15) is 39.6 Å². The summed E-state index contributed by atoms with van der Waals surface area (Å²) in [6, 6.07) is 2.61. The van der Waals surface area contributed by atoms with Gasteiger partial charge < -0.3 is 4.74 Å². The predicted molar refractivity (Wildman–Crippen MR) is 69.4 cm³/mol. The Bertz CT molecular complexity index is 711. The van der Waals surface area contributed by atoms with Gasteiger partial charge in [-0.05, 0) is 18.6 Å². The second kappa shape index (κ2) is 6.97. The van der Waals surface area contributed by atoms with Crippen molar-refractivity contribution in [1.29, 1.82) is 0 Å². The van der Waals surface area contributed by atoms with Crippen molar-refractivity contribution in [3.63, 3.8) is 0 Å². The van der Waals surface area contributed by atoms with Gasteiger partial charge in [-0.1, -0.05) is 6.07 Å². The van der Waals surface area contributed by atoms with Crippen molar-refractivity contribution < 1.29 is 44.3 Å². The molecule has 0 radical (unpaired) electrons. The Kier molecular flexibility index (Phi) is 5.87. The molecule has 0 saturated carbocycles. The zero-order chi connectivity index (χ0) is 18.8. The van der Waals surface area contributed by atoms with Crippen molar-refractivity contribution in [3.8, 4) is 5.75 Å². The highest BCUT2D eigenvalue weighted by molar-refractivity contribution is 7.90. The first-order chi connectivity index (χ1) is 10.8. The van der Waals surface area contributed by atoms with Crippen LogP contribution in [0.15, 0.2) is 18.2 Å². The summed E-state index contributed by atoms with van der Waals surface area (Å²) >= 11 is 0. The lowest BCUT2D eigenvalue weighted by Gasteiger charge is -2.17. The lowest BCUT2D eigenvalue weighted by atomic mass is 10.0. The van der Waals surface area contributed by atoms with E-state index in [1.54, 1.807) is 0 Å². The molecule has 0 amide bonds. The average molecular weight is 379 g/mol. The van der Waals surface area contributed by atoms with E-state index in [1.165, 1.54) is 0 Å². The van der Waals surface area contributed by atoms with Gasteiger partial charge in [-0.3, -0.25) is 4.79 Å². The summed E-state index contributed by atoms with van der Waals surface area (Å²) < 4.78 is 103. The van der Waals surface area contributed by atoms with E-state index >= 15 is 0 Å². The number of esters is 1. The number of sulfonamides is 1. The minimum Gasteiger partial charge on any atom is -0.426 e. The minimum absolute atomic E-state index is 0.511. The summed E-state index contributed by atoms with van der Waals surface area (Å²) in [4.78, 5) is 10.9. The van der Waals surface area contributed by atoms with Crippen LogP contribution in [-0.2, 0) is 27.4 Å². The third kappa shape index (κ3) is 5.09. The van der Waals surface area contributed by atoms with Gasteiger partial charge in [-0.25, -0.2) is 13.1 Å². The highest BCUT2D eigenvalue weighted by Crippen LogP contribution is 2.36. The zero-order valence-corrected chi connectivity index (χ0v) is 12.8. The van der Waals surface area contributed by atoms with Crippen LogP contribution in [-0.4, -0.2) is 26.4 Å². The molecule has 0 saturated heterocycles. The van der Waals surface area contributed by atoms with E-state index in [2.05, 4.69) is 4.74 Å². The molecule has 1 aromatic carbocycles. The van der Waals surface area contributed by atoms with E-state index in [0.29, 0.717) is 6.07 Å². The van der Waals surface area contributed by atoms with Crippen molar-refractivity contribution in [2.24, 2.45) is 0 Å². The van der Waals surface area contributed by atoms with Gasteiger partial charge in [-0.15, -0.1) is 0 Å². The molecule has 0 heterocycles. The Morgan fingerprint density at radius 1 is 1.17 bits per heavy atom. The van der Waals surface area contributed by atoms with Crippen molar-refractivity contribution in [1.82, 2.24) is 4.72 Å². The quantitative estimate of drug-likeness (QED) is 0.485. The molecule has 5 nitrogen and oxygen atoms in total. The Hall–Kier alpha value is -1.82. The van der Waals surface area contributed by atoms with E-state index in [4.69, 9.17) is 0 Å². The van der Waals surface area contributed by atoms with Crippen LogP contribution in [0.2, 0.25) is 0 Å². The Morgan fingerprint density at radius 3 is 2.21 bits per heavy atom. The summed E-state index contributed by atoms with van der Waals surface area (Å²) in [6.45, 7) is -0.0421. The monoisotopic (exact) mass is 379 g/mol. The van der Waals surface area contributed by atoms with Crippen LogP contribution in [0.1, 0.15) is 18.1 Å². The van der Waals surface area contributed by atoms with Crippen LogP contribution in [0.3, 0.4) is 0 Å². The smallest absolute Gasteiger partial charge is 0.426 e. The van der Waals surface area contributed by atoms with Gasteiger partial charge >= 0.3 is 27.7 Å². The maximum absolute atomic E-state index is 13.0. The fourth-order valence-electron chi connectivity index (χ4n) is 1.73. The van der Waals surface area contributed by atoms with E-state index < -0.39 is 57.5 Å².